The molecule has 268 valence electrons. The molecule has 0 bridgehead atoms. The molecule has 4 amide bonds. The third-order valence-electron chi connectivity index (χ3n) is 7.02. The van der Waals surface area contributed by atoms with Crippen molar-refractivity contribution in [3.05, 3.63) is 29.8 Å². The van der Waals surface area contributed by atoms with Gasteiger partial charge >= 0.3 is 11.9 Å². The predicted octanol–water partition coefficient (Wildman–Crippen LogP) is 0.446. The minimum Gasteiger partial charge on any atom is -0.481 e. The van der Waals surface area contributed by atoms with Gasteiger partial charge in [-0.15, -0.1) is 0 Å². The number of carboxylic acid groups (broad SMARTS) is 2. The van der Waals surface area contributed by atoms with E-state index in [0.29, 0.717) is 24.9 Å². The van der Waals surface area contributed by atoms with E-state index < -0.39 is 88.6 Å². The van der Waals surface area contributed by atoms with Crippen molar-refractivity contribution in [2.45, 2.75) is 83.2 Å². The molecule has 1 aromatic carbocycles. The summed E-state index contributed by atoms with van der Waals surface area (Å²) in [6.45, 7) is 3.15. The molecule has 0 aliphatic heterocycles. The molecule has 9 N–H and O–H groups in total. The summed E-state index contributed by atoms with van der Waals surface area (Å²) in [5.74, 6) is -9.16. The number of unbranched alkanes of at least 4 members (excludes halogenated alkanes) is 1. The molecule has 0 radical (unpaired) electrons. The van der Waals surface area contributed by atoms with E-state index in [1.54, 1.807) is 24.3 Å². The lowest BCUT2D eigenvalue weighted by molar-refractivity contribution is -0.144. The maximum Gasteiger partial charge on any atom is 0.306 e. The zero-order chi connectivity index (χ0) is 36.3. The molecule has 0 spiro atoms. The second kappa shape index (κ2) is 21.3. The minimum absolute atomic E-state index is 0.115. The van der Waals surface area contributed by atoms with E-state index in [9.17, 15) is 51.6 Å². The number of carbonyl (C=O) groups is 7. The van der Waals surface area contributed by atoms with Crippen LogP contribution in [0.25, 0.3) is 0 Å². The second-order valence-corrected chi connectivity index (χ2v) is 12.6. The molecule has 48 heavy (non-hydrogen) atoms. The van der Waals surface area contributed by atoms with Crippen LogP contribution in [0.3, 0.4) is 0 Å². The molecule has 3 atom stereocenters. The monoisotopic (exact) mass is 699 g/mol. The van der Waals surface area contributed by atoms with Crippen LogP contribution in [0.5, 0.6) is 0 Å². The number of ketones is 1. The number of benzene rings is 1. The lowest BCUT2D eigenvalue weighted by atomic mass is 9.94. The van der Waals surface area contributed by atoms with E-state index in [4.69, 9.17) is 10.8 Å². The first-order valence-electron chi connectivity index (χ1n) is 15.4. The van der Waals surface area contributed by atoms with Crippen molar-refractivity contribution in [1.82, 2.24) is 16.0 Å². The average Bonchev–Trinajstić information content (AvgIpc) is 2.99. The number of aliphatic carboxylic acids is 2. The summed E-state index contributed by atoms with van der Waals surface area (Å²) in [6, 6.07) is 4.09. The van der Waals surface area contributed by atoms with Gasteiger partial charge in [0.15, 0.2) is 5.78 Å². The van der Waals surface area contributed by atoms with Crippen molar-refractivity contribution >= 4 is 57.2 Å². The summed E-state index contributed by atoms with van der Waals surface area (Å²) in [5.41, 5.74) is 6.78. The maximum absolute atomic E-state index is 12.8. The van der Waals surface area contributed by atoms with E-state index in [1.165, 1.54) is 0 Å². The summed E-state index contributed by atoms with van der Waals surface area (Å²) >= 11 is 0. The lowest BCUT2D eigenvalue weighted by Crippen LogP contribution is -2.46. The second-order valence-electron chi connectivity index (χ2n) is 11.1. The van der Waals surface area contributed by atoms with Crippen LogP contribution in [-0.4, -0.2) is 95.5 Å². The van der Waals surface area contributed by atoms with Crippen LogP contribution in [0.1, 0.15) is 81.5 Å². The van der Waals surface area contributed by atoms with Gasteiger partial charge in [0.05, 0.1) is 5.92 Å². The van der Waals surface area contributed by atoms with Gasteiger partial charge in [-0.3, -0.25) is 38.1 Å². The molecular formula is C30H45N5O12S. The predicted molar refractivity (Wildman–Crippen MR) is 172 cm³/mol. The van der Waals surface area contributed by atoms with Gasteiger partial charge in [0.1, 0.15) is 17.8 Å². The number of Topliss-reactive ketones (excluding diaryl/α,β-unsaturated/α-hetero) is 1. The van der Waals surface area contributed by atoms with Gasteiger partial charge in [0.2, 0.25) is 17.7 Å². The highest BCUT2D eigenvalue weighted by atomic mass is 32.2. The zero-order valence-electron chi connectivity index (χ0n) is 26.7. The fourth-order valence-electron chi connectivity index (χ4n) is 4.43. The summed E-state index contributed by atoms with van der Waals surface area (Å²) < 4.78 is 32.0. The van der Waals surface area contributed by atoms with E-state index >= 15 is 0 Å². The van der Waals surface area contributed by atoms with Crippen LogP contribution in [0.4, 0.5) is 5.69 Å². The van der Waals surface area contributed by atoms with Crippen molar-refractivity contribution in [2.75, 3.05) is 24.2 Å². The Balaban J connectivity index is 2.61. The average molecular weight is 700 g/mol. The number of carboxylic acids is 2. The van der Waals surface area contributed by atoms with Crippen LogP contribution in [0, 0.1) is 5.92 Å². The van der Waals surface area contributed by atoms with Gasteiger partial charge in [-0.05, 0) is 62.8 Å². The van der Waals surface area contributed by atoms with Crippen molar-refractivity contribution in [2.24, 2.45) is 11.7 Å². The van der Waals surface area contributed by atoms with Crippen LogP contribution in [0.15, 0.2) is 24.3 Å². The summed E-state index contributed by atoms with van der Waals surface area (Å²) in [5, 5.41) is 28.7. The third kappa shape index (κ3) is 17.9. The standard InChI is InChI=1S/C30H45N5O12S/c1-2-15-32-21-12-9-19(10-13-21)29(42)33-16-4-3-6-22(28(31)41)34-26(38)14-11-20(30(43)44)17-24(36)23(18-48(45,46)47)35-25(37)7-5-8-27(39)40/h9-10,12-13,20,22-23,32H,2-8,11,14-18H2,1H3,(H2,31,41)(H,33,42)(H,34,38)(H,35,37)(H,39,40)(H,43,44)(H,45,46,47)/t20-,22+,23+/m1/s1. The molecule has 18 heteroatoms. The molecule has 0 aliphatic carbocycles. The van der Waals surface area contributed by atoms with Crippen LogP contribution < -0.4 is 27.0 Å². The van der Waals surface area contributed by atoms with E-state index in [-0.39, 0.29) is 31.6 Å². The zero-order valence-corrected chi connectivity index (χ0v) is 27.6. The fourth-order valence-corrected chi connectivity index (χ4v) is 5.12. The molecule has 0 aromatic heterocycles. The van der Waals surface area contributed by atoms with Gasteiger partial charge in [-0.25, -0.2) is 0 Å². The number of carbonyl (C=O) groups excluding carboxylic acids is 5. The van der Waals surface area contributed by atoms with Crippen molar-refractivity contribution in [3.63, 3.8) is 0 Å². The Hall–Kier alpha value is -4.58. The van der Waals surface area contributed by atoms with Gasteiger partial charge in [-0.1, -0.05) is 6.92 Å². The van der Waals surface area contributed by atoms with Gasteiger partial charge in [0, 0.05) is 50.0 Å². The molecule has 0 unspecified atom stereocenters. The molecule has 1 rings (SSSR count). The SMILES string of the molecule is CCCNc1ccc(C(=O)NCCCC[C@H](NC(=O)CC[C@H](CC(=O)[C@H](CS(=O)(=O)O)NC(=O)CCCC(=O)O)C(=O)O)C(N)=O)cc1. The lowest BCUT2D eigenvalue weighted by Gasteiger charge is -2.19. The molecule has 0 heterocycles. The summed E-state index contributed by atoms with van der Waals surface area (Å²) in [6.07, 6.45) is -0.528. The number of rotatable bonds is 25. The number of primary amides is 1. The summed E-state index contributed by atoms with van der Waals surface area (Å²) in [7, 11) is -4.79. The van der Waals surface area contributed by atoms with Gasteiger partial charge < -0.3 is 37.2 Å². The Morgan fingerprint density at radius 2 is 1.44 bits per heavy atom. The number of nitrogens with one attached hydrogen (secondary N) is 4. The highest BCUT2D eigenvalue weighted by Crippen LogP contribution is 2.15. The Morgan fingerprint density at radius 1 is 0.812 bits per heavy atom. The number of nitrogens with two attached hydrogens (primary N) is 1. The first-order chi connectivity index (χ1) is 22.5. The minimum atomic E-state index is -4.79. The van der Waals surface area contributed by atoms with Crippen LogP contribution in [-0.2, 0) is 38.9 Å². The highest BCUT2D eigenvalue weighted by Gasteiger charge is 2.31. The van der Waals surface area contributed by atoms with E-state index in [1.807, 2.05) is 6.92 Å². The number of anilines is 1. The van der Waals surface area contributed by atoms with Crippen molar-refractivity contribution < 1.29 is 56.7 Å². The van der Waals surface area contributed by atoms with E-state index in [2.05, 4.69) is 21.3 Å². The summed E-state index contributed by atoms with van der Waals surface area (Å²) in [4.78, 5) is 84.1. The quantitative estimate of drug-likeness (QED) is 0.0509. The molecule has 1 aromatic rings. The van der Waals surface area contributed by atoms with Gasteiger partial charge in [0.25, 0.3) is 16.0 Å². The molecule has 17 nitrogen and oxygen atoms in total. The van der Waals surface area contributed by atoms with Gasteiger partial charge in [-0.2, -0.15) is 8.42 Å². The maximum atomic E-state index is 12.8. The molecule has 0 saturated heterocycles. The highest BCUT2D eigenvalue weighted by molar-refractivity contribution is 7.85. The molecular weight excluding hydrogens is 654 g/mol. The normalized spacial score (nSPS) is 13.0. The Labute approximate surface area is 278 Å². The van der Waals surface area contributed by atoms with E-state index in [0.717, 1.165) is 18.7 Å². The Morgan fingerprint density at radius 3 is 2.00 bits per heavy atom. The number of amides is 4. The third-order valence-corrected chi connectivity index (χ3v) is 7.78. The molecule has 0 saturated carbocycles. The van der Waals surface area contributed by atoms with Crippen molar-refractivity contribution in [3.8, 4) is 0 Å². The largest absolute Gasteiger partial charge is 0.481 e. The first kappa shape index (κ1) is 41.4. The first-order valence-corrected chi connectivity index (χ1v) is 17.1. The van der Waals surface area contributed by atoms with Crippen LogP contribution in [0.2, 0.25) is 0 Å². The number of hydrogen-bond donors (Lipinski definition) is 8. The molecule has 0 aliphatic rings. The topological polar surface area (TPSA) is 288 Å². The fraction of sp³-hybridized carbons (Fsp3) is 0.567. The number of hydrogen-bond acceptors (Lipinski definition) is 10. The van der Waals surface area contributed by atoms with Crippen LogP contribution >= 0.6 is 0 Å². The van der Waals surface area contributed by atoms with Crippen molar-refractivity contribution in [1.29, 1.82) is 0 Å². The molecule has 0 fully saturated rings. The Bertz CT molecular complexity index is 1380. The Kier molecular flexibility index (Phi) is 18.4. The smallest absolute Gasteiger partial charge is 0.306 e.